The van der Waals surface area contributed by atoms with E-state index < -0.39 is 11.9 Å². The Balaban J connectivity index is 0. The van der Waals surface area contributed by atoms with Gasteiger partial charge >= 0.3 is 5.97 Å². The summed E-state index contributed by atoms with van der Waals surface area (Å²) >= 11 is 0. The Bertz CT molecular complexity index is 1870. The normalized spacial score (nSPS) is 12.4. The molecule has 0 aromatic heterocycles. The van der Waals surface area contributed by atoms with E-state index in [0.717, 1.165) is 77.0 Å². The Labute approximate surface area is 542 Å². The van der Waals surface area contributed by atoms with Crippen LogP contribution in [0.4, 0.5) is 0 Å². The third kappa shape index (κ3) is 59.7. The maximum Gasteiger partial charge on any atom is 0.306 e. The summed E-state index contributed by atoms with van der Waals surface area (Å²) in [5, 5.41) is 20.7. The van der Waals surface area contributed by atoms with Gasteiger partial charge in [-0.05, 0) is 91.4 Å². The molecule has 0 aliphatic carbocycles. The molecule has 0 rings (SSSR count). The van der Waals surface area contributed by atoms with Crippen molar-refractivity contribution in [2.24, 2.45) is 23.7 Å². The molecule has 0 aromatic carbocycles. The highest BCUT2D eigenvalue weighted by Crippen LogP contribution is 2.19. The first kappa shape index (κ1) is 87.5. The van der Waals surface area contributed by atoms with Gasteiger partial charge in [-0.25, -0.2) is 0 Å². The van der Waals surface area contributed by atoms with E-state index in [-0.39, 0.29) is 169 Å². The van der Waals surface area contributed by atoms with Gasteiger partial charge in [0.05, 0.1) is 58.8 Å². The number of ketones is 5. The zero-order chi connectivity index (χ0) is 67.1. The standard InChI is InChI=1S/C52H95N3O14.C17H31NO3/c1-4-6-7-8-9-10-11-12-13-14-15-16-17-18-19-24-47(57)40-46(52(62)63)26-27-49(59)54-29-32-65-35-37-67-41-48(58)25-22-31-64-34-38-68-43-51(61)55-30-33-66-36-39-69-42-50(60)53-28-21-20-23-45(5-2)44(3)56;1-5-15(13(3)19)9-7-8-12-18-17(21)11-10-16(6-2)14(4)20/h45-46H,4-43H2,1-3H3,(H,53,60)(H,54,59)(H,55,61)(H,62,63);15-16H,5-12H2,1-4H3,(H,18,21)/t45?,46-;/m1./s1. The SMILES string of the molecule is CCC(CCCCNC(=O)CCC(CC)C(C)=O)C(C)=O.CCCCCCCCCCCCCCCCCC(=O)C[C@@H](CCC(=O)NCCOCCOCC(=O)CCCOCCOCC(=O)NCCOCCOCC(=O)NCCCCC(CC)C(C)=O)C(=O)O. The fourth-order valence-electron chi connectivity index (χ4n) is 9.99. The molecule has 0 heterocycles. The quantitative estimate of drug-likeness (QED) is 0.0354. The summed E-state index contributed by atoms with van der Waals surface area (Å²) < 4.78 is 32.3. The van der Waals surface area contributed by atoms with Crippen LogP contribution in [0.5, 0.6) is 0 Å². The molecular weight excluding hydrogens is 1160 g/mol. The molecule has 3 unspecified atom stereocenters. The van der Waals surface area contributed by atoms with Crippen LogP contribution in [0.1, 0.15) is 254 Å². The van der Waals surface area contributed by atoms with Crippen LogP contribution >= 0.6 is 0 Å². The van der Waals surface area contributed by atoms with E-state index >= 15 is 0 Å². The molecule has 0 bridgehead atoms. The molecule has 0 aromatic rings. The Kier molecular flexibility index (Phi) is 62.8. The number of hydrogen-bond acceptors (Lipinski definition) is 16. The van der Waals surface area contributed by atoms with Crippen molar-refractivity contribution in [3.05, 3.63) is 0 Å². The summed E-state index contributed by atoms with van der Waals surface area (Å²) in [7, 11) is 0. The van der Waals surface area contributed by atoms with E-state index in [4.69, 9.17) is 28.4 Å². The lowest BCUT2D eigenvalue weighted by Gasteiger charge is -2.12. The Morgan fingerprint density at radius 1 is 0.311 bits per heavy atom. The van der Waals surface area contributed by atoms with Gasteiger partial charge in [0, 0.05) is 82.6 Å². The molecule has 0 saturated carbocycles. The van der Waals surface area contributed by atoms with E-state index in [1.165, 1.54) is 77.0 Å². The number of ether oxygens (including phenoxy) is 6. The number of carbonyl (C=O) groups is 10. The summed E-state index contributed by atoms with van der Waals surface area (Å²) in [6, 6.07) is 0. The van der Waals surface area contributed by atoms with E-state index in [1.54, 1.807) is 20.8 Å². The summed E-state index contributed by atoms with van der Waals surface area (Å²) in [5.74, 6) is -1.88. The predicted molar refractivity (Wildman–Crippen MR) is 351 cm³/mol. The van der Waals surface area contributed by atoms with Crippen LogP contribution in [0.3, 0.4) is 0 Å². The van der Waals surface area contributed by atoms with Gasteiger partial charge in [0.15, 0.2) is 5.78 Å². The molecule has 0 fully saturated rings. The average molecular weight is 1280 g/mol. The molecule has 524 valence electrons. The van der Waals surface area contributed by atoms with Crippen molar-refractivity contribution in [2.45, 2.75) is 254 Å². The smallest absolute Gasteiger partial charge is 0.306 e. The van der Waals surface area contributed by atoms with Gasteiger partial charge in [0.1, 0.15) is 43.0 Å². The number of carbonyl (C=O) groups excluding carboxylic acids is 9. The van der Waals surface area contributed by atoms with E-state index in [2.05, 4.69) is 28.2 Å². The lowest BCUT2D eigenvalue weighted by atomic mass is 9.94. The van der Waals surface area contributed by atoms with Crippen molar-refractivity contribution in [3.8, 4) is 0 Å². The van der Waals surface area contributed by atoms with Crippen LogP contribution in [-0.2, 0) is 76.4 Å². The fourth-order valence-corrected chi connectivity index (χ4v) is 9.99. The van der Waals surface area contributed by atoms with Crippen LogP contribution < -0.4 is 21.3 Å². The van der Waals surface area contributed by atoms with Crippen molar-refractivity contribution >= 4 is 58.5 Å². The zero-order valence-electron chi connectivity index (χ0n) is 57.2. The molecule has 5 N–H and O–H groups in total. The van der Waals surface area contributed by atoms with Gasteiger partial charge in [-0.2, -0.15) is 0 Å². The number of carboxylic acid groups (broad SMARTS) is 1. The lowest BCUT2D eigenvalue weighted by Crippen LogP contribution is -2.31. The van der Waals surface area contributed by atoms with Crippen LogP contribution in [0.2, 0.25) is 0 Å². The van der Waals surface area contributed by atoms with Crippen LogP contribution in [0.15, 0.2) is 0 Å². The molecular formula is C69H126N4O17. The van der Waals surface area contributed by atoms with Crippen molar-refractivity contribution in [1.82, 2.24) is 21.3 Å². The molecule has 21 heteroatoms. The minimum absolute atomic E-state index is 0.0108. The van der Waals surface area contributed by atoms with Crippen LogP contribution in [0.25, 0.3) is 0 Å². The largest absolute Gasteiger partial charge is 0.481 e. The Morgan fingerprint density at radius 2 is 0.656 bits per heavy atom. The topological polar surface area (TPSA) is 294 Å². The molecule has 90 heavy (non-hydrogen) atoms. The number of aliphatic carboxylic acids is 1. The van der Waals surface area contributed by atoms with Crippen molar-refractivity contribution in [3.63, 3.8) is 0 Å². The molecule has 0 spiro atoms. The Morgan fingerprint density at radius 3 is 1.08 bits per heavy atom. The summed E-state index contributed by atoms with van der Waals surface area (Å²) in [6.07, 6.45) is 28.9. The maximum absolute atomic E-state index is 12.5. The highest BCUT2D eigenvalue weighted by molar-refractivity contribution is 5.85. The Hall–Kier alpha value is -4.54. The number of carboxylic acids is 1. The molecule has 0 aliphatic rings. The predicted octanol–water partition coefficient (Wildman–Crippen LogP) is 10.6. The van der Waals surface area contributed by atoms with Crippen LogP contribution in [0, 0.1) is 23.7 Å². The fraction of sp³-hybridized carbons (Fsp3) is 0.855. The number of rotatable bonds is 66. The van der Waals surface area contributed by atoms with Gasteiger partial charge < -0.3 is 54.8 Å². The summed E-state index contributed by atoms with van der Waals surface area (Å²) in [5.41, 5.74) is 0. The molecule has 0 aliphatic heterocycles. The van der Waals surface area contributed by atoms with E-state index in [0.29, 0.717) is 58.3 Å². The van der Waals surface area contributed by atoms with Crippen molar-refractivity contribution in [1.29, 1.82) is 0 Å². The highest BCUT2D eigenvalue weighted by atomic mass is 16.5. The minimum Gasteiger partial charge on any atom is -0.481 e. The second-order valence-electron chi connectivity index (χ2n) is 23.7. The first-order valence-corrected chi connectivity index (χ1v) is 34.7. The zero-order valence-corrected chi connectivity index (χ0v) is 57.2. The minimum atomic E-state index is -1.05. The van der Waals surface area contributed by atoms with Gasteiger partial charge in [-0.1, -0.05) is 130 Å². The number of nitrogens with one attached hydrogen (secondary N) is 4. The first-order chi connectivity index (χ1) is 43.4. The van der Waals surface area contributed by atoms with E-state index in [1.807, 2.05) is 20.8 Å². The molecule has 0 radical (unpaired) electrons. The lowest BCUT2D eigenvalue weighted by molar-refractivity contribution is -0.144. The maximum atomic E-state index is 12.5. The summed E-state index contributed by atoms with van der Waals surface area (Å²) in [6.45, 7) is 17.0. The second-order valence-corrected chi connectivity index (χ2v) is 23.7. The highest BCUT2D eigenvalue weighted by Gasteiger charge is 2.22. The number of hydrogen-bond donors (Lipinski definition) is 5. The third-order valence-corrected chi connectivity index (χ3v) is 15.9. The number of Topliss-reactive ketones (excluding diaryl/α,β-unsaturated/α-hetero) is 5. The van der Waals surface area contributed by atoms with Crippen molar-refractivity contribution < 1.29 is 81.5 Å². The molecule has 21 nitrogen and oxygen atoms in total. The third-order valence-electron chi connectivity index (χ3n) is 15.9. The molecule has 0 saturated heterocycles. The van der Waals surface area contributed by atoms with Gasteiger partial charge in [-0.15, -0.1) is 0 Å². The van der Waals surface area contributed by atoms with Gasteiger partial charge in [0.25, 0.3) is 0 Å². The first-order valence-electron chi connectivity index (χ1n) is 34.7. The monoisotopic (exact) mass is 1280 g/mol. The summed E-state index contributed by atoms with van der Waals surface area (Å²) in [4.78, 5) is 118. The number of unbranched alkanes of at least 4 members (excludes halogenated alkanes) is 16. The second kappa shape index (κ2) is 64.6. The van der Waals surface area contributed by atoms with Gasteiger partial charge in [-0.3, -0.25) is 47.9 Å². The molecule has 4 atom stereocenters. The van der Waals surface area contributed by atoms with E-state index in [9.17, 15) is 53.1 Å². The number of amides is 4. The average Bonchev–Trinajstić information content (AvgIpc) is 3.73. The molecule has 4 amide bonds. The van der Waals surface area contributed by atoms with Crippen molar-refractivity contribution in [2.75, 3.05) is 105 Å². The van der Waals surface area contributed by atoms with Gasteiger partial charge in [0.2, 0.25) is 23.6 Å². The van der Waals surface area contributed by atoms with Crippen LogP contribution in [-0.4, -0.2) is 169 Å².